The second-order valence-electron chi connectivity index (χ2n) is 3.60. The molecule has 0 saturated heterocycles. The van der Waals surface area contributed by atoms with E-state index in [1.54, 1.807) is 6.26 Å². The zero-order valence-electron chi connectivity index (χ0n) is 10.4. The van der Waals surface area contributed by atoms with Crippen molar-refractivity contribution in [2.75, 3.05) is 19.1 Å². The van der Waals surface area contributed by atoms with Crippen LogP contribution in [0.4, 0.5) is 0 Å². The summed E-state index contributed by atoms with van der Waals surface area (Å²) in [6.07, 6.45) is 2.39. The van der Waals surface area contributed by atoms with Crippen molar-refractivity contribution < 1.29 is 13.6 Å². The summed E-state index contributed by atoms with van der Waals surface area (Å²) in [4.78, 5) is 4.25. The van der Waals surface area contributed by atoms with Crippen molar-refractivity contribution in [3.8, 4) is 0 Å². The lowest BCUT2D eigenvalue weighted by Gasteiger charge is -2.10. The van der Waals surface area contributed by atoms with Crippen molar-refractivity contribution in [3.05, 3.63) is 11.7 Å². The molecule has 0 saturated carbocycles. The summed E-state index contributed by atoms with van der Waals surface area (Å²) in [5.41, 5.74) is 0. The predicted molar refractivity (Wildman–Crippen MR) is 72.7 cm³/mol. The highest BCUT2D eigenvalue weighted by molar-refractivity contribution is 8.89. The van der Waals surface area contributed by atoms with Crippen LogP contribution in [0.3, 0.4) is 0 Å². The lowest BCUT2D eigenvalue weighted by Crippen LogP contribution is -1.92. The van der Waals surface area contributed by atoms with E-state index in [-0.39, 0.29) is 5.92 Å². The Bertz CT molecular complexity index is 389. The average molecular weight is 296 g/mol. The van der Waals surface area contributed by atoms with Gasteiger partial charge >= 0.3 is 5.77 Å². The third-order valence-corrected chi connectivity index (χ3v) is 9.63. The first-order chi connectivity index (χ1) is 8.00. The Hall–Kier alpha value is 0.0300. The number of hydrogen-bond acceptors (Lipinski definition) is 7. The molecule has 1 aromatic rings. The molecule has 1 heterocycles. The summed E-state index contributed by atoms with van der Waals surface area (Å²) < 4.78 is 22.0. The van der Waals surface area contributed by atoms with E-state index in [1.807, 2.05) is 13.8 Å². The maximum absolute atomic E-state index is 11.9. The molecule has 0 radical (unpaired) electrons. The highest BCUT2D eigenvalue weighted by atomic mass is 33.1. The van der Waals surface area contributed by atoms with Crippen LogP contribution in [0.2, 0.25) is 0 Å². The molecule has 98 valence electrons. The van der Waals surface area contributed by atoms with Gasteiger partial charge in [0.15, 0.2) is 5.82 Å². The second kappa shape index (κ2) is 6.83. The Morgan fingerprint density at radius 3 is 2.71 bits per heavy atom. The Balaban J connectivity index is 2.43. The van der Waals surface area contributed by atoms with Gasteiger partial charge in [-0.25, -0.2) is 0 Å². The predicted octanol–water partition coefficient (Wildman–Crippen LogP) is 3.59. The Morgan fingerprint density at radius 2 is 2.24 bits per heavy atom. The van der Waals surface area contributed by atoms with Gasteiger partial charge in [-0.3, -0.25) is 4.57 Å². The van der Waals surface area contributed by atoms with Gasteiger partial charge in [0.2, 0.25) is 5.89 Å². The van der Waals surface area contributed by atoms with Crippen LogP contribution >= 0.6 is 28.5 Å². The molecule has 0 aliphatic carbocycles. The molecule has 0 aliphatic rings. The average Bonchev–Trinajstić information content (AvgIpc) is 2.78. The van der Waals surface area contributed by atoms with E-state index in [1.165, 1.54) is 29.9 Å². The van der Waals surface area contributed by atoms with Gasteiger partial charge in [0.1, 0.15) is 0 Å². The Kier molecular flexibility index (Phi) is 6.06. The zero-order chi connectivity index (χ0) is 12.9. The fourth-order valence-corrected chi connectivity index (χ4v) is 5.52. The van der Waals surface area contributed by atoms with Crippen LogP contribution in [0.1, 0.15) is 31.5 Å². The minimum absolute atomic E-state index is 0.261. The van der Waals surface area contributed by atoms with Crippen LogP contribution < -0.4 is 0 Å². The number of rotatable bonds is 7. The first-order valence-corrected chi connectivity index (χ1v) is 10.2. The molecule has 0 amide bonds. The molecule has 0 N–H and O–H groups in total. The van der Waals surface area contributed by atoms with E-state index in [0.29, 0.717) is 23.9 Å². The molecule has 1 rings (SSSR count). The number of aromatic nitrogens is 2. The lowest BCUT2D eigenvalue weighted by atomic mass is 10.2. The molecular formula is C9H17N2O3PS2. The van der Waals surface area contributed by atoms with Gasteiger partial charge in [-0.2, -0.15) is 4.98 Å². The quantitative estimate of drug-likeness (QED) is 0.712. The smallest absolute Gasteiger partial charge is 0.312 e. The van der Waals surface area contributed by atoms with Crippen LogP contribution in [0.5, 0.6) is 0 Å². The van der Waals surface area contributed by atoms with E-state index in [0.717, 1.165) is 0 Å². The molecule has 1 unspecified atom stereocenters. The summed E-state index contributed by atoms with van der Waals surface area (Å²) in [6, 6.07) is 0. The highest BCUT2D eigenvalue weighted by Gasteiger charge is 2.21. The summed E-state index contributed by atoms with van der Waals surface area (Å²) in [6.45, 7) is 4.02. The molecule has 8 heteroatoms. The molecule has 0 bridgehead atoms. The van der Waals surface area contributed by atoms with E-state index < -0.39 is 5.77 Å². The number of hydrogen-bond donors (Lipinski definition) is 0. The van der Waals surface area contributed by atoms with Gasteiger partial charge in [-0.05, 0) is 6.26 Å². The van der Waals surface area contributed by atoms with E-state index in [9.17, 15) is 4.57 Å². The SMILES string of the molecule is COP(=O)(SC)SCCc1nc(C(C)C)no1. The summed E-state index contributed by atoms with van der Waals surface area (Å²) in [5, 5.41) is 3.87. The molecule has 5 nitrogen and oxygen atoms in total. The van der Waals surface area contributed by atoms with Gasteiger partial charge in [-0.1, -0.05) is 41.8 Å². The van der Waals surface area contributed by atoms with E-state index in [4.69, 9.17) is 9.05 Å². The third-order valence-electron chi connectivity index (χ3n) is 2.01. The summed E-state index contributed by atoms with van der Waals surface area (Å²) in [5.74, 6) is -0.381. The van der Waals surface area contributed by atoms with E-state index in [2.05, 4.69) is 10.1 Å². The highest BCUT2D eigenvalue weighted by Crippen LogP contribution is 2.68. The minimum atomic E-state index is -2.59. The fourth-order valence-electron chi connectivity index (χ4n) is 1.03. The van der Waals surface area contributed by atoms with Crippen LogP contribution in [0, 0.1) is 0 Å². The van der Waals surface area contributed by atoms with Gasteiger partial charge in [0.25, 0.3) is 0 Å². The summed E-state index contributed by atoms with van der Waals surface area (Å²) in [7, 11) is 1.47. The zero-order valence-corrected chi connectivity index (χ0v) is 12.9. The molecule has 0 fully saturated rings. The van der Waals surface area contributed by atoms with Crippen LogP contribution in [-0.4, -0.2) is 29.3 Å². The van der Waals surface area contributed by atoms with Crippen molar-refractivity contribution in [2.45, 2.75) is 26.2 Å². The van der Waals surface area contributed by atoms with Gasteiger partial charge in [-0.15, -0.1) is 0 Å². The standard InChI is InChI=1S/C9H17N2O3PS2/c1-7(2)9-10-8(14-11-9)5-6-17-15(12,13-3)16-4/h7H,5-6H2,1-4H3. The van der Waals surface area contributed by atoms with Crippen molar-refractivity contribution in [2.24, 2.45) is 0 Å². The number of aryl methyl sites for hydroxylation is 1. The molecular weight excluding hydrogens is 279 g/mol. The molecule has 1 atom stereocenters. The van der Waals surface area contributed by atoms with Gasteiger partial charge in [0, 0.05) is 25.2 Å². The van der Waals surface area contributed by atoms with Crippen LogP contribution in [-0.2, 0) is 15.5 Å². The van der Waals surface area contributed by atoms with Gasteiger partial charge < -0.3 is 9.05 Å². The van der Waals surface area contributed by atoms with E-state index >= 15 is 0 Å². The largest absolute Gasteiger partial charge is 0.339 e. The Morgan fingerprint density at radius 1 is 1.53 bits per heavy atom. The molecule has 1 aromatic heterocycles. The third kappa shape index (κ3) is 4.66. The maximum atomic E-state index is 11.9. The lowest BCUT2D eigenvalue weighted by molar-refractivity contribution is 0.375. The first-order valence-electron chi connectivity index (χ1n) is 5.19. The topological polar surface area (TPSA) is 65.2 Å². The van der Waals surface area contributed by atoms with Crippen molar-refractivity contribution in [1.29, 1.82) is 0 Å². The van der Waals surface area contributed by atoms with Crippen LogP contribution in [0.15, 0.2) is 4.52 Å². The second-order valence-corrected chi connectivity index (χ2v) is 11.3. The van der Waals surface area contributed by atoms with Crippen molar-refractivity contribution >= 4 is 28.5 Å². The van der Waals surface area contributed by atoms with Crippen LogP contribution in [0.25, 0.3) is 0 Å². The maximum Gasteiger partial charge on any atom is 0.312 e. The van der Waals surface area contributed by atoms with Crippen molar-refractivity contribution in [1.82, 2.24) is 10.1 Å². The monoisotopic (exact) mass is 296 g/mol. The summed E-state index contributed by atoms with van der Waals surface area (Å²) >= 11 is 2.55. The molecule has 17 heavy (non-hydrogen) atoms. The van der Waals surface area contributed by atoms with Crippen molar-refractivity contribution in [3.63, 3.8) is 0 Å². The molecule has 0 spiro atoms. The van der Waals surface area contributed by atoms with Gasteiger partial charge in [0.05, 0.1) is 0 Å². The number of nitrogens with zero attached hydrogens (tertiary/aromatic N) is 2. The Labute approximate surface area is 109 Å². The first kappa shape index (κ1) is 15.1. The fraction of sp³-hybridized carbons (Fsp3) is 0.778. The molecule has 0 aromatic carbocycles. The normalized spacial score (nSPS) is 15.1. The minimum Gasteiger partial charge on any atom is -0.339 e. The molecule has 0 aliphatic heterocycles.